The van der Waals surface area contributed by atoms with Crippen molar-refractivity contribution in [1.29, 1.82) is 0 Å². The summed E-state index contributed by atoms with van der Waals surface area (Å²) in [6, 6.07) is 3.51. The lowest BCUT2D eigenvalue weighted by molar-refractivity contribution is 0.0594. The Morgan fingerprint density at radius 3 is 2.94 bits per heavy atom. The van der Waals surface area contributed by atoms with Crippen molar-refractivity contribution in [2.75, 3.05) is 32.1 Å². The van der Waals surface area contributed by atoms with Gasteiger partial charge in [0, 0.05) is 25.0 Å². The summed E-state index contributed by atoms with van der Waals surface area (Å²) in [5.74, 6) is -0.419. The molecule has 2 N–H and O–H groups in total. The monoisotopic (exact) mass is 237 g/mol. The second-order valence-corrected chi connectivity index (χ2v) is 3.60. The summed E-state index contributed by atoms with van der Waals surface area (Å²) in [5, 5.41) is 6.50. The van der Waals surface area contributed by atoms with E-state index in [-0.39, 0.29) is 0 Å². The molecule has 1 aromatic rings. The predicted molar refractivity (Wildman–Crippen MR) is 67.2 cm³/mol. The molecule has 0 aliphatic carbocycles. The minimum atomic E-state index is -0.419. The van der Waals surface area contributed by atoms with E-state index in [1.165, 1.54) is 7.11 Å². The molecule has 5 heteroatoms. The number of ether oxygens (including phenoxy) is 1. The van der Waals surface area contributed by atoms with Crippen molar-refractivity contribution in [2.45, 2.75) is 13.3 Å². The van der Waals surface area contributed by atoms with Gasteiger partial charge in [0.15, 0.2) is 0 Å². The summed E-state index contributed by atoms with van der Waals surface area (Å²) in [6.45, 7) is 4.85. The lowest BCUT2D eigenvalue weighted by Gasteiger charge is -2.07. The molecule has 5 nitrogen and oxygen atoms in total. The molecule has 94 valence electrons. The molecule has 0 bridgehead atoms. The number of nitrogens with zero attached hydrogens (tertiary/aromatic N) is 1. The number of esters is 1. The molecule has 0 atom stereocenters. The number of aromatic nitrogens is 1. The van der Waals surface area contributed by atoms with Crippen LogP contribution in [0.2, 0.25) is 0 Å². The second-order valence-electron chi connectivity index (χ2n) is 3.60. The van der Waals surface area contributed by atoms with Gasteiger partial charge >= 0.3 is 5.97 Å². The second kappa shape index (κ2) is 7.62. The van der Waals surface area contributed by atoms with E-state index in [1.807, 2.05) is 6.07 Å². The van der Waals surface area contributed by atoms with Gasteiger partial charge in [-0.2, -0.15) is 0 Å². The molecule has 1 heterocycles. The highest BCUT2D eigenvalue weighted by Crippen LogP contribution is 2.08. The van der Waals surface area contributed by atoms with Gasteiger partial charge in [0.05, 0.1) is 7.11 Å². The number of hydrogen-bond donors (Lipinski definition) is 2. The Labute approximate surface area is 102 Å². The lowest BCUT2D eigenvalue weighted by Crippen LogP contribution is -2.22. The number of anilines is 1. The molecule has 0 aliphatic heterocycles. The Bertz CT molecular complexity index is 355. The first-order chi connectivity index (χ1) is 8.27. The minimum absolute atomic E-state index is 0.319. The van der Waals surface area contributed by atoms with E-state index in [4.69, 9.17) is 0 Å². The molecule has 0 unspecified atom stereocenters. The molecule has 1 rings (SSSR count). The van der Waals surface area contributed by atoms with Crippen molar-refractivity contribution in [2.24, 2.45) is 0 Å². The molecule has 0 saturated carbocycles. The summed E-state index contributed by atoms with van der Waals surface area (Å²) in [6.07, 6.45) is 2.72. The maximum Gasteiger partial charge on any atom is 0.356 e. The molecular formula is C12H19N3O2. The molecule has 0 saturated heterocycles. The maximum atomic E-state index is 11.3. The summed E-state index contributed by atoms with van der Waals surface area (Å²) < 4.78 is 4.61. The summed E-state index contributed by atoms with van der Waals surface area (Å²) in [4.78, 5) is 15.2. The topological polar surface area (TPSA) is 63.2 Å². The molecule has 0 amide bonds. The van der Waals surface area contributed by atoms with Crippen molar-refractivity contribution in [1.82, 2.24) is 10.3 Å². The fourth-order valence-corrected chi connectivity index (χ4v) is 1.35. The van der Waals surface area contributed by atoms with Crippen LogP contribution in [0.1, 0.15) is 23.8 Å². The first-order valence-electron chi connectivity index (χ1n) is 5.77. The van der Waals surface area contributed by atoms with Gasteiger partial charge in [-0.05, 0) is 25.1 Å². The predicted octanol–water partition coefficient (Wildman–Crippen LogP) is 1.28. The van der Waals surface area contributed by atoms with Gasteiger partial charge in [0.1, 0.15) is 5.69 Å². The van der Waals surface area contributed by atoms with Crippen molar-refractivity contribution >= 4 is 11.7 Å². The molecule has 0 spiro atoms. The molecule has 0 aromatic carbocycles. The Kier molecular flexibility index (Phi) is 6.03. The van der Waals surface area contributed by atoms with Crippen LogP contribution in [-0.4, -0.2) is 37.7 Å². The molecule has 0 fully saturated rings. The quantitative estimate of drug-likeness (QED) is 0.552. The van der Waals surface area contributed by atoms with Crippen molar-refractivity contribution in [3.8, 4) is 0 Å². The number of nitrogens with one attached hydrogen (secondary N) is 2. The van der Waals surface area contributed by atoms with Gasteiger partial charge < -0.3 is 15.4 Å². The van der Waals surface area contributed by atoms with Crippen LogP contribution in [0.4, 0.5) is 5.69 Å². The van der Waals surface area contributed by atoms with Crippen LogP contribution in [0.15, 0.2) is 18.3 Å². The van der Waals surface area contributed by atoms with E-state index in [9.17, 15) is 4.79 Å². The number of rotatable bonds is 7. The highest BCUT2D eigenvalue weighted by atomic mass is 16.5. The largest absolute Gasteiger partial charge is 0.464 e. The van der Waals surface area contributed by atoms with Crippen LogP contribution >= 0.6 is 0 Å². The molecule has 17 heavy (non-hydrogen) atoms. The third-order valence-electron chi connectivity index (χ3n) is 2.21. The lowest BCUT2D eigenvalue weighted by atomic mass is 10.3. The average molecular weight is 237 g/mol. The van der Waals surface area contributed by atoms with E-state index in [2.05, 4.69) is 27.3 Å². The zero-order valence-corrected chi connectivity index (χ0v) is 10.3. The van der Waals surface area contributed by atoms with E-state index >= 15 is 0 Å². The van der Waals surface area contributed by atoms with Gasteiger partial charge in [-0.15, -0.1) is 0 Å². The molecule has 1 aromatic heterocycles. The molecule has 0 radical (unpaired) electrons. The average Bonchev–Trinajstić information content (AvgIpc) is 2.38. The van der Waals surface area contributed by atoms with Crippen LogP contribution in [0.5, 0.6) is 0 Å². The summed E-state index contributed by atoms with van der Waals surface area (Å²) >= 11 is 0. The summed E-state index contributed by atoms with van der Waals surface area (Å²) in [7, 11) is 1.35. The van der Waals surface area contributed by atoms with Gasteiger partial charge in [-0.3, -0.25) is 0 Å². The number of carbonyl (C=O) groups excluding carboxylic acids is 1. The van der Waals surface area contributed by atoms with Gasteiger partial charge in [0.2, 0.25) is 0 Å². The summed E-state index contributed by atoms with van der Waals surface area (Å²) in [5.41, 5.74) is 1.19. The number of carbonyl (C=O) groups is 1. The van der Waals surface area contributed by atoms with E-state index in [0.29, 0.717) is 5.69 Å². The van der Waals surface area contributed by atoms with E-state index in [0.717, 1.165) is 31.7 Å². The van der Waals surface area contributed by atoms with Crippen LogP contribution in [0.25, 0.3) is 0 Å². The molecular weight excluding hydrogens is 218 g/mol. The van der Waals surface area contributed by atoms with E-state index in [1.54, 1.807) is 12.3 Å². The normalized spacial score (nSPS) is 10.0. The Morgan fingerprint density at radius 1 is 1.41 bits per heavy atom. The first-order valence-corrected chi connectivity index (χ1v) is 5.77. The minimum Gasteiger partial charge on any atom is -0.464 e. The maximum absolute atomic E-state index is 11.3. The third-order valence-corrected chi connectivity index (χ3v) is 2.21. The fourth-order valence-electron chi connectivity index (χ4n) is 1.35. The molecule has 0 aliphatic rings. The highest BCUT2D eigenvalue weighted by molar-refractivity contribution is 5.88. The Balaban J connectivity index is 2.40. The van der Waals surface area contributed by atoms with Crippen LogP contribution in [0, 0.1) is 0 Å². The van der Waals surface area contributed by atoms with Crippen LogP contribution in [-0.2, 0) is 4.74 Å². The van der Waals surface area contributed by atoms with E-state index < -0.39 is 5.97 Å². The van der Waals surface area contributed by atoms with Crippen LogP contribution < -0.4 is 10.6 Å². The first kappa shape index (κ1) is 13.4. The van der Waals surface area contributed by atoms with Crippen molar-refractivity contribution in [3.63, 3.8) is 0 Å². The zero-order chi connectivity index (χ0) is 12.5. The number of hydrogen-bond acceptors (Lipinski definition) is 5. The van der Waals surface area contributed by atoms with Gasteiger partial charge in [0.25, 0.3) is 0 Å². The van der Waals surface area contributed by atoms with Gasteiger partial charge in [-0.1, -0.05) is 6.92 Å². The van der Waals surface area contributed by atoms with Crippen LogP contribution in [0.3, 0.4) is 0 Å². The number of pyridine rings is 1. The zero-order valence-electron chi connectivity index (χ0n) is 10.3. The standard InChI is InChI=1S/C12H19N3O2/c1-3-5-13-7-8-14-10-4-6-15-11(9-10)12(16)17-2/h4,6,9,13H,3,5,7-8H2,1-2H3,(H,14,15). The highest BCUT2D eigenvalue weighted by Gasteiger charge is 2.06. The Morgan fingerprint density at radius 2 is 2.24 bits per heavy atom. The van der Waals surface area contributed by atoms with Crippen molar-refractivity contribution < 1.29 is 9.53 Å². The SMILES string of the molecule is CCCNCCNc1ccnc(C(=O)OC)c1. The van der Waals surface area contributed by atoms with Gasteiger partial charge in [-0.25, -0.2) is 9.78 Å². The Hall–Kier alpha value is -1.62. The smallest absolute Gasteiger partial charge is 0.356 e. The van der Waals surface area contributed by atoms with Crippen molar-refractivity contribution in [3.05, 3.63) is 24.0 Å². The fraction of sp³-hybridized carbons (Fsp3) is 0.500. The third kappa shape index (κ3) is 4.82. The number of methoxy groups -OCH3 is 1.